The van der Waals surface area contributed by atoms with Crippen LogP contribution in [0.1, 0.15) is 18.4 Å². The van der Waals surface area contributed by atoms with Gasteiger partial charge in [-0.1, -0.05) is 12.1 Å². The Morgan fingerprint density at radius 2 is 2.08 bits per heavy atom. The standard InChI is InChI=1S/C19H21N3OS/c1-23-16-4-2-3-15(12-16)11-14-5-8-22(9-6-14)18-17-7-10-24-19(17)21-13-20-18/h2-4,7,10,12-14H,5-6,8-9,11H2,1H3. The third kappa shape index (κ3) is 3.08. The minimum atomic E-state index is 0.730. The van der Waals surface area contributed by atoms with Crippen LogP contribution < -0.4 is 9.64 Å². The predicted molar refractivity (Wildman–Crippen MR) is 99.1 cm³/mol. The summed E-state index contributed by atoms with van der Waals surface area (Å²) in [5.74, 6) is 2.78. The summed E-state index contributed by atoms with van der Waals surface area (Å²) in [6.45, 7) is 2.13. The van der Waals surface area contributed by atoms with Gasteiger partial charge in [-0.3, -0.25) is 0 Å². The van der Waals surface area contributed by atoms with Crippen molar-refractivity contribution < 1.29 is 4.74 Å². The van der Waals surface area contributed by atoms with E-state index in [9.17, 15) is 0 Å². The first-order valence-corrected chi connectivity index (χ1v) is 9.27. The fourth-order valence-electron chi connectivity index (χ4n) is 3.51. The molecule has 1 aliphatic heterocycles. The van der Waals surface area contributed by atoms with E-state index in [1.54, 1.807) is 24.8 Å². The topological polar surface area (TPSA) is 38.2 Å². The summed E-state index contributed by atoms with van der Waals surface area (Å²) in [4.78, 5) is 12.4. The molecular weight excluding hydrogens is 318 g/mol. The number of ether oxygens (including phenoxy) is 1. The largest absolute Gasteiger partial charge is 0.497 e. The monoisotopic (exact) mass is 339 g/mol. The van der Waals surface area contributed by atoms with E-state index in [-0.39, 0.29) is 0 Å². The van der Waals surface area contributed by atoms with Crippen LogP contribution in [0.25, 0.3) is 10.2 Å². The number of benzene rings is 1. The van der Waals surface area contributed by atoms with Crippen molar-refractivity contribution in [2.75, 3.05) is 25.1 Å². The smallest absolute Gasteiger partial charge is 0.140 e. The van der Waals surface area contributed by atoms with Gasteiger partial charge in [-0.15, -0.1) is 11.3 Å². The van der Waals surface area contributed by atoms with Crippen LogP contribution in [0, 0.1) is 5.92 Å². The van der Waals surface area contributed by atoms with Crippen molar-refractivity contribution in [2.24, 2.45) is 5.92 Å². The van der Waals surface area contributed by atoms with Gasteiger partial charge in [-0.05, 0) is 54.3 Å². The van der Waals surface area contributed by atoms with Gasteiger partial charge in [0, 0.05) is 13.1 Å². The van der Waals surface area contributed by atoms with E-state index in [4.69, 9.17) is 4.74 Å². The van der Waals surface area contributed by atoms with Crippen LogP contribution in [0.4, 0.5) is 5.82 Å². The maximum atomic E-state index is 5.33. The number of piperidine rings is 1. The molecule has 0 amide bonds. The zero-order chi connectivity index (χ0) is 16.4. The average molecular weight is 339 g/mol. The minimum absolute atomic E-state index is 0.730. The Labute approximate surface area is 146 Å². The second kappa shape index (κ2) is 6.77. The van der Waals surface area contributed by atoms with Gasteiger partial charge in [0.1, 0.15) is 22.7 Å². The number of hydrogen-bond acceptors (Lipinski definition) is 5. The van der Waals surface area contributed by atoms with Crippen molar-refractivity contribution in [3.63, 3.8) is 0 Å². The number of aromatic nitrogens is 2. The second-order valence-corrected chi connectivity index (χ2v) is 7.22. The maximum Gasteiger partial charge on any atom is 0.140 e. The first-order valence-electron chi connectivity index (χ1n) is 8.39. The summed E-state index contributed by atoms with van der Waals surface area (Å²) < 4.78 is 5.33. The van der Waals surface area contributed by atoms with Gasteiger partial charge in [0.2, 0.25) is 0 Å². The summed E-state index contributed by atoms with van der Waals surface area (Å²) in [6, 6.07) is 10.6. The van der Waals surface area contributed by atoms with Crippen molar-refractivity contribution in [2.45, 2.75) is 19.3 Å². The van der Waals surface area contributed by atoms with Gasteiger partial charge in [0.15, 0.2) is 0 Å². The highest BCUT2D eigenvalue weighted by molar-refractivity contribution is 7.16. The molecule has 1 fully saturated rings. The molecular formula is C19H21N3OS. The number of rotatable bonds is 4. The number of hydrogen-bond donors (Lipinski definition) is 0. The van der Waals surface area contributed by atoms with Gasteiger partial charge < -0.3 is 9.64 Å². The summed E-state index contributed by atoms with van der Waals surface area (Å²) in [7, 11) is 1.73. The Morgan fingerprint density at radius 3 is 2.92 bits per heavy atom. The Hall–Kier alpha value is -2.14. The van der Waals surface area contributed by atoms with Gasteiger partial charge >= 0.3 is 0 Å². The minimum Gasteiger partial charge on any atom is -0.497 e. The van der Waals surface area contributed by atoms with E-state index >= 15 is 0 Å². The average Bonchev–Trinajstić information content (AvgIpc) is 3.11. The highest BCUT2D eigenvalue weighted by atomic mass is 32.1. The normalized spacial score (nSPS) is 15.8. The lowest BCUT2D eigenvalue weighted by atomic mass is 9.90. The molecule has 4 rings (SSSR count). The van der Waals surface area contributed by atoms with E-state index in [0.29, 0.717) is 0 Å². The van der Waals surface area contributed by atoms with Crippen LogP contribution in [0.15, 0.2) is 42.0 Å². The quantitative estimate of drug-likeness (QED) is 0.715. The Balaban J connectivity index is 1.42. The maximum absolute atomic E-state index is 5.33. The van der Waals surface area contributed by atoms with Crippen molar-refractivity contribution >= 4 is 27.4 Å². The first-order chi connectivity index (χ1) is 11.8. The zero-order valence-corrected chi connectivity index (χ0v) is 14.6. The van der Waals surface area contributed by atoms with E-state index in [0.717, 1.165) is 41.8 Å². The summed E-state index contributed by atoms with van der Waals surface area (Å²) in [5.41, 5.74) is 1.37. The predicted octanol–water partition coefficient (Wildman–Crippen LogP) is 4.16. The van der Waals surface area contributed by atoms with E-state index < -0.39 is 0 Å². The molecule has 3 aromatic rings. The van der Waals surface area contributed by atoms with Crippen LogP contribution in [-0.4, -0.2) is 30.2 Å². The summed E-state index contributed by atoms with van der Waals surface area (Å²) in [6.07, 6.45) is 5.22. The molecule has 24 heavy (non-hydrogen) atoms. The van der Waals surface area contributed by atoms with Gasteiger partial charge in [0.05, 0.1) is 12.5 Å². The van der Waals surface area contributed by atoms with Gasteiger partial charge in [-0.2, -0.15) is 0 Å². The van der Waals surface area contributed by atoms with Crippen LogP contribution in [0.3, 0.4) is 0 Å². The Kier molecular flexibility index (Phi) is 4.34. The molecule has 124 valence electrons. The molecule has 0 radical (unpaired) electrons. The van der Waals surface area contributed by atoms with E-state index in [2.05, 4.69) is 44.5 Å². The Morgan fingerprint density at radius 1 is 1.21 bits per heavy atom. The fourth-order valence-corrected chi connectivity index (χ4v) is 4.24. The molecule has 0 spiro atoms. The molecule has 1 aliphatic rings. The molecule has 0 bridgehead atoms. The van der Waals surface area contributed by atoms with Gasteiger partial charge in [-0.25, -0.2) is 9.97 Å². The third-order valence-corrected chi connectivity index (χ3v) is 5.63. The number of anilines is 1. The SMILES string of the molecule is COc1cccc(CC2CCN(c3ncnc4sccc34)CC2)c1. The van der Waals surface area contributed by atoms with Crippen molar-refractivity contribution in [1.82, 2.24) is 9.97 Å². The van der Waals surface area contributed by atoms with Crippen molar-refractivity contribution in [3.05, 3.63) is 47.6 Å². The molecule has 0 aliphatic carbocycles. The van der Waals surface area contributed by atoms with Crippen LogP contribution in [0.2, 0.25) is 0 Å². The van der Waals surface area contributed by atoms with Crippen molar-refractivity contribution in [1.29, 1.82) is 0 Å². The van der Waals surface area contributed by atoms with E-state index in [1.807, 2.05) is 6.07 Å². The molecule has 2 aromatic heterocycles. The van der Waals surface area contributed by atoms with Crippen LogP contribution >= 0.6 is 11.3 Å². The molecule has 1 saturated heterocycles. The third-order valence-electron chi connectivity index (χ3n) is 4.81. The van der Waals surface area contributed by atoms with Crippen LogP contribution in [0.5, 0.6) is 5.75 Å². The summed E-state index contributed by atoms with van der Waals surface area (Å²) >= 11 is 1.68. The molecule has 4 nitrogen and oxygen atoms in total. The first kappa shape index (κ1) is 15.4. The number of methoxy groups -OCH3 is 1. The molecule has 1 aromatic carbocycles. The highest BCUT2D eigenvalue weighted by Gasteiger charge is 2.22. The lowest BCUT2D eigenvalue weighted by Gasteiger charge is -2.33. The molecule has 0 saturated carbocycles. The molecule has 0 N–H and O–H groups in total. The number of fused-ring (bicyclic) bond motifs is 1. The zero-order valence-electron chi connectivity index (χ0n) is 13.8. The lowest BCUT2D eigenvalue weighted by molar-refractivity contribution is 0.398. The molecule has 0 atom stereocenters. The Bertz CT molecular complexity index is 824. The van der Waals surface area contributed by atoms with Crippen LogP contribution in [-0.2, 0) is 6.42 Å². The van der Waals surface area contributed by atoms with E-state index in [1.165, 1.54) is 23.8 Å². The van der Waals surface area contributed by atoms with Crippen molar-refractivity contribution in [3.8, 4) is 5.75 Å². The molecule has 3 heterocycles. The number of thiophene rings is 1. The molecule has 0 unspecified atom stereocenters. The van der Waals surface area contributed by atoms with Gasteiger partial charge in [0.25, 0.3) is 0 Å². The number of nitrogens with zero attached hydrogens (tertiary/aromatic N) is 3. The lowest BCUT2D eigenvalue weighted by Crippen LogP contribution is -2.35. The summed E-state index contributed by atoms with van der Waals surface area (Å²) in [5, 5.41) is 3.28. The fraction of sp³-hybridized carbons (Fsp3) is 0.368. The second-order valence-electron chi connectivity index (χ2n) is 6.32. The highest BCUT2D eigenvalue weighted by Crippen LogP contribution is 2.31. The molecule has 5 heteroatoms.